The smallest absolute Gasteiger partial charge is 0.338 e. The molecular formula is C56H73N7O6. The Kier molecular flexibility index (Phi) is 22.0. The minimum Gasteiger partial charge on any atom is -0.493 e. The summed E-state index contributed by atoms with van der Waals surface area (Å²) >= 11 is 0. The number of hydrogen-bond donors (Lipinski definition) is 4. The second-order valence-corrected chi connectivity index (χ2v) is 17.6. The molecule has 368 valence electrons. The fourth-order valence-corrected chi connectivity index (χ4v) is 7.51. The van der Waals surface area contributed by atoms with Crippen LogP contribution in [0.2, 0.25) is 0 Å². The molecule has 4 N–H and O–H groups in total. The fourth-order valence-electron chi connectivity index (χ4n) is 7.51. The second kappa shape index (κ2) is 28.5. The highest BCUT2D eigenvalue weighted by Gasteiger charge is 2.16. The average molecular weight is 940 g/mol. The Hall–Kier alpha value is -6.76. The molecule has 13 heteroatoms. The van der Waals surface area contributed by atoms with E-state index in [2.05, 4.69) is 84.3 Å². The maximum atomic E-state index is 13.3. The number of nitrogens with one attached hydrogen (secondary N) is 4. The van der Waals surface area contributed by atoms with E-state index in [9.17, 15) is 14.4 Å². The number of ether oxygens (including phenoxy) is 3. The van der Waals surface area contributed by atoms with E-state index in [0.29, 0.717) is 82.8 Å². The molecule has 0 fully saturated rings. The molecule has 5 aromatic rings. The molecule has 1 amide bonds. The molecule has 3 unspecified atom stereocenters. The number of aromatic nitrogens is 3. The normalized spacial score (nSPS) is 12.3. The predicted molar refractivity (Wildman–Crippen MR) is 279 cm³/mol. The van der Waals surface area contributed by atoms with Gasteiger partial charge in [-0.1, -0.05) is 106 Å². The zero-order valence-corrected chi connectivity index (χ0v) is 41.6. The van der Waals surface area contributed by atoms with Crippen LogP contribution in [0.15, 0.2) is 104 Å². The first-order valence-corrected chi connectivity index (χ1v) is 25.0. The van der Waals surface area contributed by atoms with E-state index >= 15 is 0 Å². The van der Waals surface area contributed by atoms with E-state index in [-0.39, 0.29) is 35.7 Å². The molecule has 1 aromatic heterocycles. The largest absolute Gasteiger partial charge is 0.493 e. The Morgan fingerprint density at radius 1 is 0.449 bits per heavy atom. The standard InChI is InChI=1S/C56H73N7O6/c1-8-14-17-40(11-4)36-67-39(7)43-20-28-47(29-21-43)57-51(64)44-22-30-48(31-23-44)58-54-61-55(59-49-32-24-45(25-33-49)52(65)68-37-41(12-5)18-15-9-2)63-56(62-54)60-50-34-26-46(27-35-50)53(66)69-38-42(13-6)19-16-10-3/h20-35,40-42H,7-19,36-38H2,1-6H3,(H,57,64)(H3,58,59,60,61,62,63). The maximum Gasteiger partial charge on any atom is 0.338 e. The number of rotatable bonds is 30. The summed E-state index contributed by atoms with van der Waals surface area (Å²) in [7, 11) is 0. The summed E-state index contributed by atoms with van der Waals surface area (Å²) in [6, 6.07) is 28.3. The number of nitrogens with zero attached hydrogens (tertiary/aromatic N) is 3. The molecule has 4 aromatic carbocycles. The molecule has 3 atom stereocenters. The Morgan fingerprint density at radius 3 is 1.12 bits per heavy atom. The van der Waals surface area contributed by atoms with Crippen molar-refractivity contribution >= 4 is 64.2 Å². The Bertz CT molecular complexity index is 2260. The van der Waals surface area contributed by atoms with Gasteiger partial charge in [-0.3, -0.25) is 4.79 Å². The molecule has 0 aliphatic rings. The van der Waals surface area contributed by atoms with Gasteiger partial charge in [0, 0.05) is 33.9 Å². The first-order valence-electron chi connectivity index (χ1n) is 25.0. The summed E-state index contributed by atoms with van der Waals surface area (Å²) in [5.41, 5.74) is 4.76. The molecule has 0 spiro atoms. The van der Waals surface area contributed by atoms with Gasteiger partial charge in [0.1, 0.15) is 5.76 Å². The zero-order valence-electron chi connectivity index (χ0n) is 41.6. The molecular weight excluding hydrogens is 867 g/mol. The summed E-state index contributed by atoms with van der Waals surface area (Å²) in [5.74, 6) is 1.46. The summed E-state index contributed by atoms with van der Waals surface area (Å²) < 4.78 is 17.3. The Balaban J connectivity index is 1.26. The van der Waals surface area contributed by atoms with Gasteiger partial charge in [-0.05, 0) is 134 Å². The highest BCUT2D eigenvalue weighted by Crippen LogP contribution is 2.25. The van der Waals surface area contributed by atoms with E-state index < -0.39 is 0 Å². The Morgan fingerprint density at radius 2 is 0.768 bits per heavy atom. The lowest BCUT2D eigenvalue weighted by Crippen LogP contribution is -2.14. The van der Waals surface area contributed by atoms with E-state index in [4.69, 9.17) is 14.2 Å². The monoisotopic (exact) mass is 940 g/mol. The van der Waals surface area contributed by atoms with Gasteiger partial charge < -0.3 is 35.5 Å². The third-order valence-corrected chi connectivity index (χ3v) is 12.3. The zero-order chi connectivity index (χ0) is 49.4. The van der Waals surface area contributed by atoms with Crippen LogP contribution in [0.25, 0.3) is 5.76 Å². The fraction of sp³-hybridized carbons (Fsp3) is 0.429. The topological polar surface area (TPSA) is 166 Å². The molecule has 5 rings (SSSR count). The van der Waals surface area contributed by atoms with Gasteiger partial charge in [-0.25, -0.2) is 9.59 Å². The first-order chi connectivity index (χ1) is 33.5. The third-order valence-electron chi connectivity index (χ3n) is 12.3. The highest BCUT2D eigenvalue weighted by atomic mass is 16.5. The molecule has 0 bridgehead atoms. The van der Waals surface area contributed by atoms with Gasteiger partial charge in [0.2, 0.25) is 17.8 Å². The Labute approximate surface area is 409 Å². The predicted octanol–water partition coefficient (Wildman–Crippen LogP) is 14.3. The molecule has 0 saturated carbocycles. The van der Waals surface area contributed by atoms with E-state index in [0.717, 1.165) is 69.8 Å². The number of hydrogen-bond acceptors (Lipinski definition) is 12. The van der Waals surface area contributed by atoms with Gasteiger partial charge in [0.25, 0.3) is 5.91 Å². The molecule has 13 nitrogen and oxygen atoms in total. The summed E-state index contributed by atoms with van der Waals surface area (Å²) in [6.45, 7) is 18.5. The molecule has 0 saturated heterocycles. The van der Waals surface area contributed by atoms with Crippen LogP contribution in [0.4, 0.5) is 40.6 Å². The lowest BCUT2D eigenvalue weighted by Gasteiger charge is -2.17. The number of carbonyl (C=O) groups is 3. The SMILES string of the molecule is C=C(OCC(CC)CCCC)c1ccc(NC(=O)c2ccc(Nc3nc(Nc4ccc(C(=O)OCC(CC)CCCC)cc4)nc(Nc4ccc(C(=O)OCC(CC)CCCC)cc4)n3)cc2)cc1. The van der Waals surface area contributed by atoms with Crippen molar-refractivity contribution < 1.29 is 28.6 Å². The van der Waals surface area contributed by atoms with Crippen LogP contribution >= 0.6 is 0 Å². The van der Waals surface area contributed by atoms with Crippen molar-refractivity contribution in [3.05, 3.63) is 126 Å². The molecule has 0 aliphatic heterocycles. The minimum absolute atomic E-state index is 0.214. The van der Waals surface area contributed by atoms with Crippen LogP contribution in [0.5, 0.6) is 0 Å². The number of benzene rings is 4. The highest BCUT2D eigenvalue weighted by molar-refractivity contribution is 6.04. The van der Waals surface area contributed by atoms with Crippen LogP contribution in [-0.2, 0) is 14.2 Å². The first kappa shape index (κ1) is 53.2. The molecule has 69 heavy (non-hydrogen) atoms. The van der Waals surface area contributed by atoms with Crippen molar-refractivity contribution in [1.29, 1.82) is 0 Å². The van der Waals surface area contributed by atoms with Crippen LogP contribution in [0.3, 0.4) is 0 Å². The number of amides is 1. The van der Waals surface area contributed by atoms with Crippen molar-refractivity contribution in [2.24, 2.45) is 17.8 Å². The van der Waals surface area contributed by atoms with Crippen molar-refractivity contribution in [2.45, 2.75) is 119 Å². The lowest BCUT2D eigenvalue weighted by atomic mass is 10.0. The van der Waals surface area contributed by atoms with Gasteiger partial charge in [0.05, 0.1) is 30.9 Å². The second-order valence-electron chi connectivity index (χ2n) is 17.6. The number of carbonyl (C=O) groups excluding carboxylic acids is 3. The summed E-state index contributed by atoms with van der Waals surface area (Å²) in [4.78, 5) is 53.0. The maximum absolute atomic E-state index is 13.3. The summed E-state index contributed by atoms with van der Waals surface area (Å²) in [5, 5.41) is 12.6. The van der Waals surface area contributed by atoms with E-state index in [1.54, 1.807) is 72.8 Å². The third kappa shape index (κ3) is 17.7. The number of esters is 2. The quantitative estimate of drug-likeness (QED) is 0.0255. The molecule has 1 heterocycles. The summed E-state index contributed by atoms with van der Waals surface area (Å²) in [6.07, 6.45) is 13.0. The van der Waals surface area contributed by atoms with Gasteiger partial charge in [-0.2, -0.15) is 15.0 Å². The van der Waals surface area contributed by atoms with Crippen molar-refractivity contribution in [2.75, 3.05) is 41.1 Å². The van der Waals surface area contributed by atoms with Gasteiger partial charge in [0.15, 0.2) is 0 Å². The van der Waals surface area contributed by atoms with E-state index in [1.165, 1.54) is 12.8 Å². The van der Waals surface area contributed by atoms with Gasteiger partial charge >= 0.3 is 11.9 Å². The van der Waals surface area contributed by atoms with Crippen molar-refractivity contribution in [3.63, 3.8) is 0 Å². The number of anilines is 7. The van der Waals surface area contributed by atoms with Crippen LogP contribution in [0.1, 0.15) is 155 Å². The van der Waals surface area contributed by atoms with Gasteiger partial charge in [-0.15, -0.1) is 0 Å². The number of unbranched alkanes of at least 4 members (excludes halogenated alkanes) is 3. The van der Waals surface area contributed by atoms with Crippen molar-refractivity contribution in [3.8, 4) is 0 Å². The molecule has 0 aliphatic carbocycles. The van der Waals surface area contributed by atoms with Crippen LogP contribution < -0.4 is 21.3 Å². The van der Waals surface area contributed by atoms with E-state index in [1.807, 2.05) is 24.3 Å². The van der Waals surface area contributed by atoms with Crippen LogP contribution in [0, 0.1) is 17.8 Å². The lowest BCUT2D eigenvalue weighted by molar-refractivity contribution is 0.0419. The minimum atomic E-state index is -0.366. The molecule has 0 radical (unpaired) electrons. The van der Waals surface area contributed by atoms with Crippen molar-refractivity contribution in [1.82, 2.24) is 15.0 Å². The average Bonchev–Trinajstić information content (AvgIpc) is 3.37. The van der Waals surface area contributed by atoms with Crippen LogP contribution in [-0.4, -0.2) is 52.6 Å².